The first-order chi connectivity index (χ1) is 9.06. The molecule has 0 radical (unpaired) electrons. The minimum atomic E-state index is -0.202. The van der Waals surface area contributed by atoms with Crippen LogP contribution in [-0.2, 0) is 19.1 Å². The van der Waals surface area contributed by atoms with Crippen LogP contribution in [0, 0.1) is 0 Å². The number of hydrogen-bond donors (Lipinski definition) is 0. The molecule has 4 heteroatoms. The van der Waals surface area contributed by atoms with Crippen molar-refractivity contribution in [1.29, 1.82) is 0 Å². The van der Waals surface area contributed by atoms with Crippen molar-refractivity contribution >= 4 is 11.9 Å². The zero-order chi connectivity index (χ0) is 14.5. The van der Waals surface area contributed by atoms with Gasteiger partial charge >= 0.3 is 11.9 Å². The highest BCUT2D eigenvalue weighted by atomic mass is 16.5. The maximum atomic E-state index is 11.1. The van der Waals surface area contributed by atoms with Crippen molar-refractivity contribution in [3.63, 3.8) is 0 Å². The van der Waals surface area contributed by atoms with Crippen LogP contribution in [0.2, 0.25) is 0 Å². The Labute approximate surface area is 116 Å². The van der Waals surface area contributed by atoms with Crippen LogP contribution in [0.4, 0.5) is 0 Å². The van der Waals surface area contributed by atoms with Crippen molar-refractivity contribution < 1.29 is 19.1 Å². The smallest absolute Gasteiger partial charge is 0.305 e. The summed E-state index contributed by atoms with van der Waals surface area (Å²) in [5.41, 5.74) is 0. The van der Waals surface area contributed by atoms with Crippen LogP contribution in [-0.4, -0.2) is 24.6 Å². The second-order valence-electron chi connectivity index (χ2n) is 4.89. The first-order valence-electron chi connectivity index (χ1n) is 7.39. The first kappa shape index (κ1) is 17.9. The molecule has 19 heavy (non-hydrogen) atoms. The second kappa shape index (κ2) is 12.0. The molecule has 0 saturated heterocycles. The van der Waals surface area contributed by atoms with Crippen LogP contribution in [0.15, 0.2) is 0 Å². The molecule has 0 aliphatic rings. The van der Waals surface area contributed by atoms with Crippen molar-refractivity contribution in [2.75, 3.05) is 6.61 Å². The SMILES string of the molecule is CCOC(=O)CCCCCCCC[C@H](C)OC(C)=O. The molecule has 0 rings (SSSR count). The van der Waals surface area contributed by atoms with Gasteiger partial charge in [-0.3, -0.25) is 9.59 Å². The summed E-state index contributed by atoms with van der Waals surface area (Å²) in [6.07, 6.45) is 8.08. The molecule has 0 heterocycles. The Morgan fingerprint density at radius 2 is 1.58 bits per heavy atom. The Kier molecular flexibility index (Phi) is 11.3. The van der Waals surface area contributed by atoms with E-state index in [-0.39, 0.29) is 18.0 Å². The van der Waals surface area contributed by atoms with E-state index in [1.165, 1.54) is 13.3 Å². The van der Waals surface area contributed by atoms with Gasteiger partial charge in [0.2, 0.25) is 0 Å². The molecule has 0 spiro atoms. The number of hydrogen-bond acceptors (Lipinski definition) is 4. The number of carbonyl (C=O) groups is 2. The molecule has 4 nitrogen and oxygen atoms in total. The van der Waals surface area contributed by atoms with Crippen molar-refractivity contribution in [3.05, 3.63) is 0 Å². The van der Waals surface area contributed by atoms with Gasteiger partial charge in [0.25, 0.3) is 0 Å². The van der Waals surface area contributed by atoms with Gasteiger partial charge in [-0.2, -0.15) is 0 Å². The molecule has 0 aromatic carbocycles. The van der Waals surface area contributed by atoms with Crippen molar-refractivity contribution in [2.24, 2.45) is 0 Å². The monoisotopic (exact) mass is 272 g/mol. The van der Waals surface area contributed by atoms with E-state index in [9.17, 15) is 9.59 Å². The lowest BCUT2D eigenvalue weighted by Crippen LogP contribution is -2.11. The lowest BCUT2D eigenvalue weighted by Gasteiger charge is -2.11. The second-order valence-corrected chi connectivity index (χ2v) is 4.89. The van der Waals surface area contributed by atoms with Crippen LogP contribution >= 0.6 is 0 Å². The number of esters is 2. The lowest BCUT2D eigenvalue weighted by atomic mass is 10.1. The molecule has 0 N–H and O–H groups in total. The molecule has 0 amide bonds. The Bertz CT molecular complexity index is 251. The molecule has 0 bridgehead atoms. The summed E-state index contributed by atoms with van der Waals surface area (Å²) in [5.74, 6) is -0.288. The maximum Gasteiger partial charge on any atom is 0.305 e. The van der Waals surface area contributed by atoms with E-state index < -0.39 is 0 Å². The molecule has 1 atom stereocenters. The molecule has 0 aliphatic heterocycles. The largest absolute Gasteiger partial charge is 0.466 e. The third-order valence-corrected chi connectivity index (χ3v) is 2.91. The minimum Gasteiger partial charge on any atom is -0.466 e. The Morgan fingerprint density at radius 3 is 2.16 bits per heavy atom. The van der Waals surface area contributed by atoms with Gasteiger partial charge in [0, 0.05) is 13.3 Å². The Morgan fingerprint density at radius 1 is 1.00 bits per heavy atom. The predicted octanol–water partition coefficient (Wildman–Crippen LogP) is 3.62. The topological polar surface area (TPSA) is 52.6 Å². The van der Waals surface area contributed by atoms with Crippen LogP contribution in [0.5, 0.6) is 0 Å². The highest BCUT2D eigenvalue weighted by molar-refractivity contribution is 5.69. The van der Waals surface area contributed by atoms with Gasteiger partial charge < -0.3 is 9.47 Å². The summed E-state index contributed by atoms with van der Waals surface area (Å²) in [6.45, 7) is 5.68. The van der Waals surface area contributed by atoms with Crippen LogP contribution in [0.3, 0.4) is 0 Å². The van der Waals surface area contributed by atoms with Crippen molar-refractivity contribution in [2.45, 2.75) is 78.2 Å². The molecule has 0 unspecified atom stereocenters. The van der Waals surface area contributed by atoms with E-state index in [1.54, 1.807) is 0 Å². The summed E-state index contributed by atoms with van der Waals surface area (Å²) in [4.78, 5) is 21.8. The fraction of sp³-hybridized carbons (Fsp3) is 0.867. The molecule has 0 fully saturated rings. The third-order valence-electron chi connectivity index (χ3n) is 2.91. The number of unbranched alkanes of at least 4 members (excludes halogenated alkanes) is 5. The van der Waals surface area contributed by atoms with Gasteiger partial charge in [0.15, 0.2) is 0 Å². The maximum absolute atomic E-state index is 11.1. The molecule has 0 aromatic heterocycles. The molecule has 0 aliphatic carbocycles. The van der Waals surface area contributed by atoms with Crippen LogP contribution in [0.1, 0.15) is 72.1 Å². The highest BCUT2D eigenvalue weighted by Crippen LogP contribution is 2.11. The minimum absolute atomic E-state index is 0.0290. The molecule has 0 saturated carbocycles. The predicted molar refractivity (Wildman–Crippen MR) is 74.8 cm³/mol. The zero-order valence-corrected chi connectivity index (χ0v) is 12.6. The Hall–Kier alpha value is -1.06. The summed E-state index contributed by atoms with van der Waals surface area (Å²) >= 11 is 0. The normalized spacial score (nSPS) is 11.9. The number of carbonyl (C=O) groups excluding carboxylic acids is 2. The average Bonchev–Trinajstić information content (AvgIpc) is 2.32. The summed E-state index contributed by atoms with van der Waals surface area (Å²) < 4.78 is 9.92. The summed E-state index contributed by atoms with van der Waals surface area (Å²) in [6, 6.07) is 0. The standard InChI is InChI=1S/C15H28O4/c1-4-18-15(17)12-10-8-6-5-7-9-11-13(2)19-14(3)16/h13H,4-12H2,1-3H3/t13-/m0/s1. The van der Waals surface area contributed by atoms with E-state index in [1.807, 2.05) is 13.8 Å². The van der Waals surface area contributed by atoms with Gasteiger partial charge in [0.1, 0.15) is 0 Å². The lowest BCUT2D eigenvalue weighted by molar-refractivity contribution is -0.146. The van der Waals surface area contributed by atoms with Gasteiger partial charge in [0.05, 0.1) is 12.7 Å². The van der Waals surface area contributed by atoms with E-state index in [0.29, 0.717) is 13.0 Å². The fourth-order valence-electron chi connectivity index (χ4n) is 1.98. The van der Waals surface area contributed by atoms with Crippen molar-refractivity contribution in [1.82, 2.24) is 0 Å². The van der Waals surface area contributed by atoms with Gasteiger partial charge in [-0.15, -0.1) is 0 Å². The van der Waals surface area contributed by atoms with Crippen molar-refractivity contribution in [3.8, 4) is 0 Å². The molecule has 0 aromatic rings. The van der Waals surface area contributed by atoms with Gasteiger partial charge in [-0.25, -0.2) is 0 Å². The number of rotatable bonds is 11. The average molecular weight is 272 g/mol. The third kappa shape index (κ3) is 13.2. The fourth-order valence-corrected chi connectivity index (χ4v) is 1.98. The summed E-state index contributed by atoms with van der Waals surface area (Å²) in [5, 5.41) is 0. The van der Waals surface area contributed by atoms with E-state index in [4.69, 9.17) is 9.47 Å². The molecule has 112 valence electrons. The first-order valence-corrected chi connectivity index (χ1v) is 7.39. The van der Waals surface area contributed by atoms with Gasteiger partial charge in [-0.1, -0.05) is 25.7 Å². The van der Waals surface area contributed by atoms with Gasteiger partial charge in [-0.05, 0) is 33.1 Å². The Balaban J connectivity index is 3.23. The molecular weight excluding hydrogens is 244 g/mol. The summed E-state index contributed by atoms with van der Waals surface area (Å²) in [7, 11) is 0. The van der Waals surface area contributed by atoms with Crippen LogP contribution in [0.25, 0.3) is 0 Å². The van der Waals surface area contributed by atoms with Crippen LogP contribution < -0.4 is 0 Å². The highest BCUT2D eigenvalue weighted by Gasteiger charge is 2.04. The quantitative estimate of drug-likeness (QED) is 0.426. The van der Waals surface area contributed by atoms with E-state index >= 15 is 0 Å². The van der Waals surface area contributed by atoms with E-state index in [0.717, 1.165) is 38.5 Å². The molecular formula is C15H28O4. The number of ether oxygens (including phenoxy) is 2. The van der Waals surface area contributed by atoms with E-state index in [2.05, 4.69) is 0 Å². The zero-order valence-electron chi connectivity index (χ0n) is 12.6.